The fourth-order valence-corrected chi connectivity index (χ4v) is 4.66. The fraction of sp³-hybridized carbons (Fsp3) is 0.739. The van der Waals surface area contributed by atoms with Gasteiger partial charge in [0, 0.05) is 20.0 Å². The number of aliphatic hydroxyl groups excluding tert-OH is 1. The maximum absolute atomic E-state index is 12.5. The van der Waals surface area contributed by atoms with Crippen LogP contribution in [0.4, 0.5) is 0 Å². The van der Waals surface area contributed by atoms with E-state index in [1.807, 2.05) is 13.0 Å². The molecule has 0 aromatic heterocycles. The Hall–Kier alpha value is -1.70. The maximum Gasteiger partial charge on any atom is 0.312 e. The minimum Gasteiger partial charge on any atom is -0.463 e. The molecular formula is C23H34O7. The van der Waals surface area contributed by atoms with Gasteiger partial charge < -0.3 is 24.1 Å². The zero-order chi connectivity index (χ0) is 21.9. The molecule has 0 saturated carbocycles. The van der Waals surface area contributed by atoms with Crippen LogP contribution in [-0.4, -0.2) is 61.3 Å². The average molecular weight is 423 g/mol. The highest BCUT2D eigenvalue weighted by molar-refractivity contribution is 5.75. The van der Waals surface area contributed by atoms with E-state index in [2.05, 4.69) is 13.0 Å². The number of fused-ring (bicyclic) bond motifs is 2. The Balaban J connectivity index is 1.87. The van der Waals surface area contributed by atoms with Gasteiger partial charge in [-0.3, -0.25) is 9.59 Å². The Kier molecular flexibility index (Phi) is 7.37. The van der Waals surface area contributed by atoms with Gasteiger partial charge >= 0.3 is 11.9 Å². The molecule has 2 fully saturated rings. The van der Waals surface area contributed by atoms with Gasteiger partial charge in [-0.15, -0.1) is 0 Å². The van der Waals surface area contributed by atoms with Crippen molar-refractivity contribution in [2.24, 2.45) is 11.8 Å². The summed E-state index contributed by atoms with van der Waals surface area (Å²) in [5, 5.41) is 11.0. The van der Waals surface area contributed by atoms with Gasteiger partial charge in [0.15, 0.2) is 0 Å². The van der Waals surface area contributed by atoms with Crippen LogP contribution in [0.3, 0.4) is 0 Å². The van der Waals surface area contributed by atoms with Gasteiger partial charge in [-0.05, 0) is 51.5 Å². The van der Waals surface area contributed by atoms with Crippen LogP contribution in [0.5, 0.6) is 0 Å². The first-order valence-electron chi connectivity index (χ1n) is 10.8. The van der Waals surface area contributed by atoms with Gasteiger partial charge in [-0.1, -0.05) is 17.7 Å². The third kappa shape index (κ3) is 5.13. The van der Waals surface area contributed by atoms with Gasteiger partial charge in [0.2, 0.25) is 0 Å². The van der Waals surface area contributed by atoms with Gasteiger partial charge in [-0.2, -0.15) is 0 Å². The molecule has 2 saturated heterocycles. The lowest BCUT2D eigenvalue weighted by Crippen LogP contribution is -2.36. The van der Waals surface area contributed by atoms with Crippen LogP contribution in [0, 0.1) is 11.8 Å². The summed E-state index contributed by atoms with van der Waals surface area (Å²) in [7, 11) is 1.55. The molecule has 30 heavy (non-hydrogen) atoms. The van der Waals surface area contributed by atoms with Crippen LogP contribution < -0.4 is 0 Å². The van der Waals surface area contributed by atoms with Crippen molar-refractivity contribution in [3.05, 3.63) is 23.3 Å². The van der Waals surface area contributed by atoms with E-state index < -0.39 is 23.7 Å². The minimum atomic E-state index is -0.866. The van der Waals surface area contributed by atoms with Gasteiger partial charge in [0.25, 0.3) is 0 Å². The van der Waals surface area contributed by atoms with Crippen molar-refractivity contribution in [3.8, 4) is 0 Å². The summed E-state index contributed by atoms with van der Waals surface area (Å²) in [5.41, 5.74) is 1.54. The van der Waals surface area contributed by atoms with E-state index in [9.17, 15) is 14.7 Å². The molecule has 6 atom stereocenters. The molecular weight excluding hydrogens is 388 g/mol. The van der Waals surface area contributed by atoms with Crippen LogP contribution in [-0.2, 0) is 28.5 Å². The second kappa shape index (κ2) is 9.62. The highest BCUT2D eigenvalue weighted by Gasteiger charge is 2.60. The summed E-state index contributed by atoms with van der Waals surface area (Å²) < 4.78 is 22.3. The van der Waals surface area contributed by atoms with Crippen molar-refractivity contribution in [3.63, 3.8) is 0 Å². The predicted molar refractivity (Wildman–Crippen MR) is 110 cm³/mol. The Morgan fingerprint density at radius 1 is 1.30 bits per heavy atom. The van der Waals surface area contributed by atoms with E-state index in [1.165, 1.54) is 12.5 Å². The molecule has 2 aliphatic heterocycles. The van der Waals surface area contributed by atoms with Crippen LogP contribution in [0.2, 0.25) is 0 Å². The lowest BCUT2D eigenvalue weighted by Gasteiger charge is -2.26. The summed E-state index contributed by atoms with van der Waals surface area (Å²) in [6.07, 6.45) is 6.39. The molecule has 7 nitrogen and oxygen atoms in total. The molecule has 1 N–H and O–H groups in total. The van der Waals surface area contributed by atoms with E-state index in [4.69, 9.17) is 18.9 Å². The van der Waals surface area contributed by atoms with Gasteiger partial charge in [0.05, 0.1) is 18.6 Å². The standard InChI is InChI=1S/C23H34O7/c1-14-7-5-9-15(2)20(25)21-17(18(12-27-4)22(26)29-21)11-19-23(30-19,10-6-8-14)13-28-16(3)24/h8-9,17-21,25H,5-7,10-13H2,1-4H3/t17-,18-,19-,20-,21-,23+/m0/s1. The number of hydrogen-bond acceptors (Lipinski definition) is 7. The number of esters is 2. The van der Waals surface area contributed by atoms with E-state index in [1.54, 1.807) is 7.11 Å². The van der Waals surface area contributed by atoms with Crippen molar-refractivity contribution >= 4 is 11.9 Å². The van der Waals surface area contributed by atoms with E-state index in [-0.39, 0.29) is 37.2 Å². The molecule has 7 heteroatoms. The SMILES string of the molecule is COC[C@@H]1C(=O)O[C@H]2[C@H]1C[C@@H]1O[C@@]1(COC(C)=O)CCC=C(C)CCC=C(C)[C@@H]2O. The Morgan fingerprint density at radius 2 is 2.07 bits per heavy atom. The molecule has 1 aliphatic carbocycles. The van der Waals surface area contributed by atoms with Crippen molar-refractivity contribution in [1.82, 2.24) is 0 Å². The Bertz CT molecular complexity index is 712. The molecule has 3 rings (SSSR count). The van der Waals surface area contributed by atoms with Gasteiger partial charge in [0.1, 0.15) is 24.4 Å². The smallest absolute Gasteiger partial charge is 0.312 e. The summed E-state index contributed by atoms with van der Waals surface area (Å²) >= 11 is 0. The summed E-state index contributed by atoms with van der Waals surface area (Å²) in [6, 6.07) is 0. The second-order valence-corrected chi connectivity index (χ2v) is 8.84. The molecule has 0 spiro atoms. The monoisotopic (exact) mass is 422 g/mol. The largest absolute Gasteiger partial charge is 0.463 e. The van der Waals surface area contributed by atoms with Crippen LogP contribution in [0.25, 0.3) is 0 Å². The number of rotatable bonds is 4. The molecule has 0 amide bonds. The molecule has 0 aromatic rings. The summed E-state index contributed by atoms with van der Waals surface area (Å²) in [5.74, 6) is -1.37. The highest BCUT2D eigenvalue weighted by Crippen LogP contribution is 2.48. The van der Waals surface area contributed by atoms with E-state index in [0.717, 1.165) is 31.3 Å². The first-order valence-corrected chi connectivity index (χ1v) is 10.8. The molecule has 168 valence electrons. The number of hydrogen-bond donors (Lipinski definition) is 1. The van der Waals surface area contributed by atoms with Crippen molar-refractivity contribution in [1.29, 1.82) is 0 Å². The molecule has 0 unspecified atom stereocenters. The maximum atomic E-state index is 12.5. The molecule has 0 aromatic carbocycles. The van der Waals surface area contributed by atoms with Crippen molar-refractivity contribution in [2.45, 2.75) is 76.8 Å². The van der Waals surface area contributed by atoms with Crippen LogP contribution in [0.1, 0.15) is 52.9 Å². The number of aliphatic hydroxyl groups is 1. The molecule has 3 aliphatic rings. The van der Waals surface area contributed by atoms with Crippen LogP contribution >= 0.6 is 0 Å². The number of carbonyl (C=O) groups is 2. The minimum absolute atomic E-state index is 0.161. The Morgan fingerprint density at radius 3 is 2.77 bits per heavy atom. The lowest BCUT2D eigenvalue weighted by atomic mass is 9.80. The third-order valence-electron chi connectivity index (χ3n) is 6.60. The molecule has 2 heterocycles. The van der Waals surface area contributed by atoms with Crippen molar-refractivity contribution < 1.29 is 33.6 Å². The zero-order valence-corrected chi connectivity index (χ0v) is 18.4. The normalized spacial score (nSPS) is 37.1. The van der Waals surface area contributed by atoms with Crippen molar-refractivity contribution in [2.75, 3.05) is 20.3 Å². The number of epoxide rings is 1. The van der Waals surface area contributed by atoms with E-state index >= 15 is 0 Å². The highest BCUT2D eigenvalue weighted by atomic mass is 16.6. The first kappa shape index (κ1) is 23.0. The molecule has 0 bridgehead atoms. The summed E-state index contributed by atoms with van der Waals surface area (Å²) in [4.78, 5) is 23.9. The number of allylic oxidation sites excluding steroid dienone is 3. The second-order valence-electron chi connectivity index (χ2n) is 8.84. The summed E-state index contributed by atoms with van der Waals surface area (Å²) in [6.45, 7) is 5.80. The fourth-order valence-electron chi connectivity index (χ4n) is 4.66. The predicted octanol–water partition coefficient (Wildman–Crippen LogP) is 2.71. The average Bonchev–Trinajstić information content (AvgIpc) is 3.29. The van der Waals surface area contributed by atoms with Crippen LogP contribution in [0.15, 0.2) is 23.3 Å². The first-order chi connectivity index (χ1) is 14.3. The topological polar surface area (TPSA) is 94.6 Å². The quantitative estimate of drug-likeness (QED) is 0.423. The molecule has 0 radical (unpaired) electrons. The lowest BCUT2D eigenvalue weighted by molar-refractivity contribution is -0.148. The Labute approximate surface area is 178 Å². The number of methoxy groups -OCH3 is 1. The van der Waals surface area contributed by atoms with E-state index in [0.29, 0.717) is 6.42 Å². The number of carbonyl (C=O) groups excluding carboxylic acids is 2. The zero-order valence-electron chi connectivity index (χ0n) is 18.4. The third-order valence-corrected chi connectivity index (χ3v) is 6.60. The number of ether oxygens (including phenoxy) is 4. The van der Waals surface area contributed by atoms with Gasteiger partial charge in [-0.25, -0.2) is 0 Å².